The van der Waals surface area contributed by atoms with Gasteiger partial charge in [0.25, 0.3) is 11.8 Å². The van der Waals surface area contributed by atoms with E-state index in [-0.39, 0.29) is 29.7 Å². The third-order valence-electron chi connectivity index (χ3n) is 5.54. The number of carbonyl (C=O) groups excluding carboxylic acids is 2. The topological polar surface area (TPSA) is 95.9 Å². The molecule has 1 heterocycles. The van der Waals surface area contributed by atoms with Crippen molar-refractivity contribution in [2.75, 3.05) is 10.2 Å². The van der Waals surface area contributed by atoms with Crippen LogP contribution in [0.4, 0.5) is 24.5 Å². The molecular weight excluding hydrogens is 719 g/mol. The van der Waals surface area contributed by atoms with Gasteiger partial charge in [0.1, 0.15) is 11.8 Å². The average molecular weight is 736 g/mol. The average Bonchev–Trinajstić information content (AvgIpc) is 2.91. The predicted molar refractivity (Wildman–Crippen MR) is 146 cm³/mol. The highest BCUT2D eigenvalue weighted by molar-refractivity contribution is 14.1. The molecule has 3 aromatic rings. The number of nitrogens with zero attached hydrogens (tertiary/aromatic N) is 1. The number of carboxylic acids is 1. The monoisotopic (exact) mass is 736 g/mol. The fourth-order valence-corrected chi connectivity index (χ4v) is 4.95. The summed E-state index contributed by atoms with van der Waals surface area (Å²) < 4.78 is 43.4. The smallest absolute Gasteiger partial charge is 0.481 e. The number of nitrogens with one attached hydrogen (secondary N) is 1. The van der Waals surface area contributed by atoms with Crippen LogP contribution in [0.1, 0.15) is 33.9 Å². The molecule has 192 valence electrons. The normalized spacial score (nSPS) is 15.6. The van der Waals surface area contributed by atoms with E-state index in [1.54, 1.807) is 36.4 Å². The molecule has 0 saturated carbocycles. The predicted octanol–water partition coefficient (Wildman–Crippen LogP) is 6.15. The zero-order chi connectivity index (χ0) is 26.9. The number of hydrogen-bond acceptors (Lipinski definition) is 4. The lowest BCUT2D eigenvalue weighted by Crippen LogP contribution is -2.39. The van der Waals surface area contributed by atoms with Gasteiger partial charge < -0.3 is 15.2 Å². The lowest BCUT2D eigenvalue weighted by atomic mass is 10.00. The summed E-state index contributed by atoms with van der Waals surface area (Å²) in [5.41, 5.74) is 1.62. The number of benzene rings is 3. The Hall–Kier alpha value is -2.88. The number of aliphatic carboxylic acids is 1. The number of alkyl halides is 3. The molecule has 0 spiro atoms. The molecule has 12 heteroatoms. The van der Waals surface area contributed by atoms with Gasteiger partial charge in [-0.15, -0.1) is 13.2 Å². The van der Waals surface area contributed by atoms with Crippen LogP contribution in [0.5, 0.6) is 5.75 Å². The van der Waals surface area contributed by atoms with Crippen LogP contribution in [0, 0.1) is 7.14 Å². The highest BCUT2D eigenvalue weighted by Gasteiger charge is 2.39. The summed E-state index contributed by atoms with van der Waals surface area (Å²) >= 11 is 4.09. The summed E-state index contributed by atoms with van der Waals surface area (Å²) in [6, 6.07) is 13.5. The second kappa shape index (κ2) is 10.8. The minimum Gasteiger partial charge on any atom is -0.481 e. The number of fused-ring (bicyclic) bond motifs is 1. The van der Waals surface area contributed by atoms with E-state index < -0.39 is 35.9 Å². The van der Waals surface area contributed by atoms with Crippen molar-refractivity contribution in [3.8, 4) is 5.75 Å². The molecule has 2 amide bonds. The van der Waals surface area contributed by atoms with Crippen molar-refractivity contribution in [3.63, 3.8) is 0 Å². The van der Waals surface area contributed by atoms with Gasteiger partial charge in [-0.05, 0) is 105 Å². The van der Waals surface area contributed by atoms with Crippen molar-refractivity contribution in [3.05, 3.63) is 84.5 Å². The maximum Gasteiger partial charge on any atom is 0.573 e. The minimum atomic E-state index is -4.89. The summed E-state index contributed by atoms with van der Waals surface area (Å²) in [5, 5.41) is 12.0. The highest BCUT2D eigenvalue weighted by atomic mass is 127. The molecule has 0 fully saturated rings. The Morgan fingerprint density at radius 2 is 1.65 bits per heavy atom. The van der Waals surface area contributed by atoms with Crippen molar-refractivity contribution in [2.24, 2.45) is 0 Å². The quantitative estimate of drug-likeness (QED) is 0.296. The first-order valence-electron chi connectivity index (χ1n) is 10.7. The molecule has 2 N–H and O–H groups in total. The van der Waals surface area contributed by atoms with Gasteiger partial charge in [0.05, 0.1) is 11.3 Å². The van der Waals surface area contributed by atoms with Crippen molar-refractivity contribution >= 4 is 74.3 Å². The van der Waals surface area contributed by atoms with E-state index in [0.29, 0.717) is 11.3 Å². The molecule has 0 saturated heterocycles. The van der Waals surface area contributed by atoms with E-state index in [0.717, 1.165) is 19.3 Å². The van der Waals surface area contributed by atoms with E-state index in [1.165, 1.54) is 17.0 Å². The largest absolute Gasteiger partial charge is 0.573 e. The molecule has 3 aromatic carbocycles. The fraction of sp³-hybridized carbons (Fsp3) is 0.160. The number of amides is 2. The highest BCUT2D eigenvalue weighted by Crippen LogP contribution is 2.38. The molecule has 7 nitrogen and oxygen atoms in total. The number of carboxylic acid groups (broad SMARTS) is 1. The minimum absolute atomic E-state index is 0.0945. The molecule has 0 radical (unpaired) electrons. The Morgan fingerprint density at radius 3 is 2.30 bits per heavy atom. The van der Waals surface area contributed by atoms with Crippen LogP contribution in [0.15, 0.2) is 60.7 Å². The molecule has 4 rings (SSSR count). The van der Waals surface area contributed by atoms with Gasteiger partial charge >= 0.3 is 12.3 Å². The van der Waals surface area contributed by atoms with E-state index in [9.17, 15) is 32.7 Å². The maximum absolute atomic E-state index is 14.0. The van der Waals surface area contributed by atoms with Crippen molar-refractivity contribution in [1.82, 2.24) is 0 Å². The van der Waals surface area contributed by atoms with Crippen molar-refractivity contribution in [2.45, 2.75) is 25.2 Å². The zero-order valence-electron chi connectivity index (χ0n) is 18.7. The molecule has 0 aliphatic carbocycles. The summed E-state index contributed by atoms with van der Waals surface area (Å²) in [7, 11) is 0. The second-order valence-electron chi connectivity index (χ2n) is 8.04. The number of ether oxygens (including phenoxy) is 1. The lowest BCUT2D eigenvalue weighted by Gasteiger charge is -2.31. The number of aryl methyl sites for hydroxylation is 1. The number of halogens is 5. The third-order valence-corrected chi connectivity index (χ3v) is 6.88. The van der Waals surface area contributed by atoms with Crippen LogP contribution in [0.2, 0.25) is 0 Å². The molecular formula is C25H17F3I2N2O5. The summed E-state index contributed by atoms with van der Waals surface area (Å²) in [6.45, 7) is 0. The summed E-state index contributed by atoms with van der Waals surface area (Å²) in [6.07, 6.45) is -5.00. The summed E-state index contributed by atoms with van der Waals surface area (Å²) in [4.78, 5) is 40.1. The first-order chi connectivity index (χ1) is 17.4. The van der Waals surface area contributed by atoms with Gasteiger partial charge in [-0.2, -0.15) is 0 Å². The van der Waals surface area contributed by atoms with Crippen LogP contribution < -0.4 is 15.0 Å². The van der Waals surface area contributed by atoms with Gasteiger partial charge in [-0.1, -0.05) is 18.2 Å². The number of rotatable bonds is 6. The fourth-order valence-electron chi connectivity index (χ4n) is 3.98. The Labute approximate surface area is 236 Å². The molecule has 0 aromatic heterocycles. The Balaban J connectivity index is 1.89. The SMILES string of the molecule is O=C(O)CCc1ccc(I)cc1N1C(=O)c2cc(I)ccc2NC(=O)C1c1ccc(OC(F)(F)F)cc1. The van der Waals surface area contributed by atoms with E-state index >= 15 is 0 Å². The zero-order valence-corrected chi connectivity index (χ0v) is 23.0. The first kappa shape index (κ1) is 27.2. The third kappa shape index (κ3) is 6.34. The van der Waals surface area contributed by atoms with Crippen LogP contribution >= 0.6 is 45.2 Å². The Kier molecular flexibility index (Phi) is 7.96. The Bertz CT molecular complexity index is 1380. The molecule has 1 unspecified atom stereocenters. The van der Waals surface area contributed by atoms with Gasteiger partial charge in [-0.3, -0.25) is 19.3 Å². The molecule has 1 aliphatic heterocycles. The van der Waals surface area contributed by atoms with Crippen molar-refractivity contribution < 1.29 is 37.4 Å². The van der Waals surface area contributed by atoms with Gasteiger partial charge in [0.15, 0.2) is 0 Å². The lowest BCUT2D eigenvalue weighted by molar-refractivity contribution is -0.274. The molecule has 0 bridgehead atoms. The van der Waals surface area contributed by atoms with Crippen LogP contribution in [-0.2, 0) is 16.0 Å². The Morgan fingerprint density at radius 1 is 1.00 bits per heavy atom. The first-order valence-corrected chi connectivity index (χ1v) is 12.9. The van der Waals surface area contributed by atoms with E-state index in [4.69, 9.17) is 0 Å². The number of carbonyl (C=O) groups is 3. The molecule has 37 heavy (non-hydrogen) atoms. The van der Waals surface area contributed by atoms with Gasteiger partial charge in [0.2, 0.25) is 0 Å². The standard InChI is InChI=1S/C25H17F3I2N2O5/c26-25(27,28)37-17-7-2-14(3-8-17)22-23(35)31-19-9-6-15(29)11-18(19)24(36)32(22)20-12-16(30)5-1-13(20)4-10-21(33)34/h1-3,5-9,11-12,22H,4,10H2,(H,31,35)(H,33,34). The van der Waals surface area contributed by atoms with E-state index in [1.807, 2.05) is 45.2 Å². The van der Waals surface area contributed by atoms with Gasteiger partial charge in [0, 0.05) is 19.2 Å². The summed E-state index contributed by atoms with van der Waals surface area (Å²) in [5.74, 6) is -2.61. The van der Waals surface area contributed by atoms with E-state index in [2.05, 4.69) is 10.1 Å². The van der Waals surface area contributed by atoms with Crippen LogP contribution in [0.25, 0.3) is 0 Å². The van der Waals surface area contributed by atoms with Gasteiger partial charge in [-0.25, -0.2) is 0 Å². The number of anilines is 2. The molecule has 1 atom stereocenters. The van der Waals surface area contributed by atoms with Crippen LogP contribution in [-0.4, -0.2) is 29.3 Å². The molecule has 1 aliphatic rings. The second-order valence-corrected chi connectivity index (χ2v) is 10.5. The van der Waals surface area contributed by atoms with Crippen LogP contribution in [0.3, 0.4) is 0 Å². The van der Waals surface area contributed by atoms with Crippen molar-refractivity contribution in [1.29, 1.82) is 0 Å². The maximum atomic E-state index is 14.0. The number of hydrogen-bond donors (Lipinski definition) is 2.